The lowest BCUT2D eigenvalue weighted by molar-refractivity contribution is -0.316. The molecule has 2 aliphatic heterocycles. The van der Waals surface area contributed by atoms with E-state index in [0.29, 0.717) is 24.8 Å². The van der Waals surface area contributed by atoms with Gasteiger partial charge >= 0.3 is 11.9 Å². The van der Waals surface area contributed by atoms with Crippen molar-refractivity contribution in [3.8, 4) is 0 Å². The highest BCUT2D eigenvalue weighted by molar-refractivity contribution is 5.92. The Hall–Kier alpha value is -2.19. The minimum Gasteiger partial charge on any atom is -0.472 e. The van der Waals surface area contributed by atoms with Gasteiger partial charge in [0.2, 0.25) is 0 Å². The van der Waals surface area contributed by atoms with Crippen molar-refractivity contribution in [3.05, 3.63) is 24.2 Å². The van der Waals surface area contributed by atoms with Crippen molar-refractivity contribution >= 4 is 17.7 Å². The average molecular weight is 487 g/mol. The molecule has 0 aromatic carbocycles. The van der Waals surface area contributed by atoms with Gasteiger partial charge in [-0.25, -0.2) is 0 Å². The molecule has 2 saturated heterocycles. The van der Waals surface area contributed by atoms with E-state index in [2.05, 4.69) is 13.8 Å². The summed E-state index contributed by atoms with van der Waals surface area (Å²) >= 11 is 0. The number of carbonyl (C=O) groups is 3. The number of hydrogen-bond donors (Lipinski definition) is 1. The third-order valence-corrected chi connectivity index (χ3v) is 11.0. The molecule has 2 unspecified atom stereocenters. The third kappa shape index (κ3) is 2.43. The molecule has 1 spiro atoms. The lowest BCUT2D eigenvalue weighted by atomic mass is 9.37. The normalized spacial score (nSPS) is 49.3. The molecule has 1 aromatic heterocycles. The fourth-order valence-corrected chi connectivity index (χ4v) is 9.38. The summed E-state index contributed by atoms with van der Waals surface area (Å²) in [5.74, 6) is -1.76. The molecule has 3 bridgehead atoms. The Kier molecular flexibility index (Phi) is 4.49. The number of cyclic esters (lactones) is 1. The highest BCUT2D eigenvalue weighted by atomic mass is 16.6. The maximum Gasteiger partial charge on any atom is 0.309 e. The number of esters is 2. The van der Waals surface area contributed by atoms with Crippen LogP contribution >= 0.6 is 0 Å². The number of ether oxygens (including phenoxy) is 3. The van der Waals surface area contributed by atoms with E-state index in [-0.39, 0.29) is 36.4 Å². The molecule has 190 valence electrons. The summed E-state index contributed by atoms with van der Waals surface area (Å²) in [5, 5.41) is 12.8. The smallest absolute Gasteiger partial charge is 0.309 e. The molecule has 3 heterocycles. The molecular weight excluding hydrogens is 452 g/mol. The van der Waals surface area contributed by atoms with Crippen LogP contribution in [-0.2, 0) is 28.6 Å². The molecule has 3 aliphatic carbocycles. The molecule has 0 radical (unpaired) electrons. The standard InChI is InChI=1S/C27H34O8/c1-23(2)17(10-18(28)32-5)25(4)16-6-8-24(3)21(14-7-9-33-13-14)34-19(29)12-27(24,31)26(16)11-15(20(25)30)22(23)35-26/h7,9,13,15-17,21-22,31H,6,8,10-12H2,1-5H3/t15-,16-,17+,21+,22?,24+,25?,26+,27+/m1/s1. The van der Waals surface area contributed by atoms with Crippen molar-refractivity contribution in [3.63, 3.8) is 0 Å². The van der Waals surface area contributed by atoms with Crippen LogP contribution in [0.3, 0.4) is 0 Å². The summed E-state index contributed by atoms with van der Waals surface area (Å²) in [6.45, 7) is 8.05. The second-order valence-electron chi connectivity index (χ2n) is 12.5. The number of fused-ring (bicyclic) bond motifs is 3. The summed E-state index contributed by atoms with van der Waals surface area (Å²) in [6.07, 6.45) is 3.39. The maximum atomic E-state index is 14.0. The van der Waals surface area contributed by atoms with Crippen LogP contribution in [0, 0.1) is 34.0 Å². The predicted molar refractivity (Wildman–Crippen MR) is 121 cm³/mol. The minimum atomic E-state index is -1.55. The lowest BCUT2D eigenvalue weighted by Gasteiger charge is -2.67. The molecule has 8 nitrogen and oxygen atoms in total. The van der Waals surface area contributed by atoms with Gasteiger partial charge in [0.15, 0.2) is 0 Å². The molecule has 9 atom stereocenters. The van der Waals surface area contributed by atoms with E-state index in [0.717, 1.165) is 0 Å². The Bertz CT molecular complexity index is 1110. The predicted octanol–water partition coefficient (Wildman–Crippen LogP) is 3.37. The summed E-state index contributed by atoms with van der Waals surface area (Å²) < 4.78 is 23.1. The molecule has 1 N–H and O–H groups in total. The SMILES string of the molecule is COC(=O)C[C@H]1C(C)(C)C2O[C@@]34C[C@@H]2C(=O)C1(C)[C@H]3CC[C@@]1(C)[C@H](c2ccoc2)OC(=O)C[C@]14O. The van der Waals surface area contributed by atoms with Crippen LogP contribution in [0.25, 0.3) is 0 Å². The summed E-state index contributed by atoms with van der Waals surface area (Å²) in [5.41, 5.74) is -4.18. The number of rotatable bonds is 3. The van der Waals surface area contributed by atoms with Crippen LogP contribution in [-0.4, -0.2) is 47.2 Å². The zero-order chi connectivity index (χ0) is 25.2. The van der Waals surface area contributed by atoms with Gasteiger partial charge in [-0.1, -0.05) is 27.7 Å². The molecule has 5 fully saturated rings. The first kappa shape index (κ1) is 23.2. The number of furan rings is 1. The van der Waals surface area contributed by atoms with Crippen molar-refractivity contribution in [2.24, 2.45) is 34.0 Å². The quantitative estimate of drug-likeness (QED) is 0.648. The van der Waals surface area contributed by atoms with Crippen molar-refractivity contribution in [1.29, 1.82) is 0 Å². The zero-order valence-electron chi connectivity index (χ0n) is 21.0. The van der Waals surface area contributed by atoms with E-state index in [1.807, 2.05) is 13.8 Å². The van der Waals surface area contributed by atoms with Gasteiger partial charge in [0, 0.05) is 34.7 Å². The van der Waals surface area contributed by atoms with Gasteiger partial charge in [0.05, 0.1) is 32.2 Å². The Morgan fingerprint density at radius 2 is 1.97 bits per heavy atom. The third-order valence-electron chi connectivity index (χ3n) is 11.0. The van der Waals surface area contributed by atoms with Crippen LogP contribution in [0.4, 0.5) is 0 Å². The number of methoxy groups -OCH3 is 1. The van der Waals surface area contributed by atoms with Crippen LogP contribution in [0.15, 0.2) is 23.0 Å². The lowest BCUT2D eigenvalue weighted by Crippen LogP contribution is -2.76. The number of carbonyl (C=O) groups excluding carboxylic acids is 3. The Morgan fingerprint density at radius 1 is 1.23 bits per heavy atom. The van der Waals surface area contributed by atoms with Crippen LogP contribution in [0.1, 0.15) is 71.5 Å². The highest BCUT2D eigenvalue weighted by Crippen LogP contribution is 2.77. The van der Waals surface area contributed by atoms with Gasteiger partial charge in [-0.3, -0.25) is 14.4 Å². The van der Waals surface area contributed by atoms with Gasteiger partial charge in [0.25, 0.3) is 0 Å². The van der Waals surface area contributed by atoms with Crippen LogP contribution in [0.2, 0.25) is 0 Å². The van der Waals surface area contributed by atoms with E-state index in [1.165, 1.54) is 13.4 Å². The van der Waals surface area contributed by atoms with E-state index in [9.17, 15) is 19.5 Å². The number of aliphatic hydroxyl groups is 1. The Labute approximate surface area is 204 Å². The van der Waals surface area contributed by atoms with Crippen LogP contribution < -0.4 is 0 Å². The topological polar surface area (TPSA) is 112 Å². The molecule has 35 heavy (non-hydrogen) atoms. The van der Waals surface area contributed by atoms with Crippen molar-refractivity contribution in [2.75, 3.05) is 7.11 Å². The summed E-state index contributed by atoms with van der Waals surface area (Å²) in [4.78, 5) is 39.6. The summed E-state index contributed by atoms with van der Waals surface area (Å²) in [7, 11) is 1.36. The monoisotopic (exact) mass is 486 g/mol. The molecular formula is C27H34O8. The first-order valence-electron chi connectivity index (χ1n) is 12.6. The highest BCUT2D eigenvalue weighted by Gasteiger charge is 2.84. The zero-order valence-corrected chi connectivity index (χ0v) is 21.0. The fourth-order valence-electron chi connectivity index (χ4n) is 9.38. The molecule has 3 saturated carbocycles. The number of Topliss-reactive ketones (excluding diaryl/α,β-unsaturated/α-hetero) is 1. The van der Waals surface area contributed by atoms with Gasteiger partial charge in [-0.15, -0.1) is 0 Å². The molecule has 1 aromatic rings. The van der Waals surface area contributed by atoms with Crippen molar-refractivity contribution in [1.82, 2.24) is 0 Å². The summed E-state index contributed by atoms with van der Waals surface area (Å²) in [6, 6.07) is 1.77. The number of ketones is 1. The molecule has 0 amide bonds. The molecule has 5 aliphatic rings. The van der Waals surface area contributed by atoms with E-state index >= 15 is 0 Å². The van der Waals surface area contributed by atoms with E-state index in [4.69, 9.17) is 18.6 Å². The first-order chi connectivity index (χ1) is 16.4. The molecule has 6 rings (SSSR count). The van der Waals surface area contributed by atoms with Crippen LogP contribution in [0.5, 0.6) is 0 Å². The van der Waals surface area contributed by atoms with Crippen molar-refractivity contribution < 1.29 is 38.1 Å². The van der Waals surface area contributed by atoms with E-state index in [1.54, 1.807) is 12.3 Å². The van der Waals surface area contributed by atoms with Gasteiger partial charge in [-0.05, 0) is 36.7 Å². The fraction of sp³-hybridized carbons (Fsp3) is 0.741. The maximum absolute atomic E-state index is 14.0. The second-order valence-corrected chi connectivity index (χ2v) is 12.5. The van der Waals surface area contributed by atoms with Gasteiger partial charge in [-0.2, -0.15) is 0 Å². The number of hydrogen-bond acceptors (Lipinski definition) is 8. The van der Waals surface area contributed by atoms with Crippen molar-refractivity contribution in [2.45, 2.75) is 83.2 Å². The first-order valence-corrected chi connectivity index (χ1v) is 12.6. The van der Waals surface area contributed by atoms with Gasteiger partial charge < -0.3 is 23.7 Å². The minimum absolute atomic E-state index is 0.111. The Balaban J connectivity index is 1.54. The largest absolute Gasteiger partial charge is 0.472 e. The van der Waals surface area contributed by atoms with Gasteiger partial charge in [0.1, 0.15) is 23.1 Å². The van der Waals surface area contributed by atoms with E-state index < -0.39 is 51.5 Å². The second kappa shape index (κ2) is 6.76. The average Bonchev–Trinajstić information content (AvgIpc) is 3.44. The Morgan fingerprint density at radius 3 is 2.63 bits per heavy atom. The molecule has 8 heteroatoms.